The van der Waals surface area contributed by atoms with E-state index in [4.69, 9.17) is 9.84 Å². The van der Waals surface area contributed by atoms with Gasteiger partial charge in [-0.2, -0.15) is 4.39 Å². The number of ether oxygens (including phenoxy) is 1. The van der Waals surface area contributed by atoms with E-state index in [-0.39, 0.29) is 11.7 Å². The Morgan fingerprint density at radius 2 is 2.07 bits per heavy atom. The zero-order chi connectivity index (χ0) is 9.97. The van der Waals surface area contributed by atoms with Crippen molar-refractivity contribution in [1.82, 2.24) is 4.98 Å². The molecule has 0 spiro atoms. The first-order valence-corrected chi connectivity index (χ1v) is 4.70. The second kappa shape index (κ2) is 3.92. The molecule has 0 saturated carbocycles. The van der Waals surface area contributed by atoms with E-state index >= 15 is 0 Å². The minimum Gasteiger partial charge on any atom is -0.504 e. The number of aromatic hydroxyl groups is 1. The van der Waals surface area contributed by atoms with Gasteiger partial charge in [-0.05, 0) is 25.0 Å². The van der Waals surface area contributed by atoms with Crippen LogP contribution < -0.4 is 0 Å². The average molecular weight is 197 g/mol. The van der Waals surface area contributed by atoms with Gasteiger partial charge in [-0.15, -0.1) is 0 Å². The molecule has 0 aliphatic carbocycles. The van der Waals surface area contributed by atoms with E-state index in [1.807, 2.05) is 0 Å². The molecule has 0 amide bonds. The second-order valence-corrected chi connectivity index (χ2v) is 3.43. The third kappa shape index (κ3) is 1.85. The lowest BCUT2D eigenvalue weighted by molar-refractivity contribution is 0.0843. The molecule has 0 atom stereocenters. The normalized spacial score (nSPS) is 18.4. The maximum Gasteiger partial charge on any atom is 0.255 e. The van der Waals surface area contributed by atoms with Gasteiger partial charge in [-0.25, -0.2) is 4.98 Å². The summed E-state index contributed by atoms with van der Waals surface area (Å²) in [5, 5.41) is 8.98. The Labute approximate surface area is 81.5 Å². The molecule has 2 rings (SSSR count). The smallest absolute Gasteiger partial charge is 0.255 e. The van der Waals surface area contributed by atoms with Gasteiger partial charge in [0.15, 0.2) is 5.75 Å². The first-order chi connectivity index (χ1) is 6.77. The second-order valence-electron chi connectivity index (χ2n) is 3.43. The fraction of sp³-hybridized carbons (Fsp3) is 0.500. The van der Waals surface area contributed by atoms with Gasteiger partial charge in [0, 0.05) is 24.8 Å². The standard InChI is InChI=1S/C10H12FNO2/c11-10-9(13)2-1-8(12-10)7-3-5-14-6-4-7/h1-2,7,13H,3-6H2. The van der Waals surface area contributed by atoms with Crippen LogP contribution in [0.2, 0.25) is 0 Å². The maximum absolute atomic E-state index is 12.9. The number of aromatic nitrogens is 1. The van der Waals surface area contributed by atoms with E-state index in [1.54, 1.807) is 6.07 Å². The summed E-state index contributed by atoms with van der Waals surface area (Å²) in [4.78, 5) is 3.72. The molecule has 1 saturated heterocycles. The van der Waals surface area contributed by atoms with E-state index in [0.717, 1.165) is 12.8 Å². The predicted molar refractivity (Wildman–Crippen MR) is 48.7 cm³/mol. The van der Waals surface area contributed by atoms with Crippen molar-refractivity contribution in [2.45, 2.75) is 18.8 Å². The summed E-state index contributed by atoms with van der Waals surface area (Å²) in [7, 11) is 0. The van der Waals surface area contributed by atoms with Crippen molar-refractivity contribution in [2.24, 2.45) is 0 Å². The first-order valence-electron chi connectivity index (χ1n) is 4.70. The molecule has 76 valence electrons. The SMILES string of the molecule is Oc1ccc(C2CCOCC2)nc1F. The van der Waals surface area contributed by atoms with E-state index in [9.17, 15) is 4.39 Å². The molecule has 14 heavy (non-hydrogen) atoms. The summed E-state index contributed by atoms with van der Waals surface area (Å²) in [6.45, 7) is 1.41. The van der Waals surface area contributed by atoms with Gasteiger partial charge in [-0.3, -0.25) is 0 Å². The van der Waals surface area contributed by atoms with Crippen LogP contribution in [0.25, 0.3) is 0 Å². The van der Waals surface area contributed by atoms with E-state index in [2.05, 4.69) is 4.98 Å². The molecule has 1 fully saturated rings. The first kappa shape index (κ1) is 9.40. The Hall–Kier alpha value is -1.16. The van der Waals surface area contributed by atoms with Crippen LogP contribution in [-0.4, -0.2) is 23.3 Å². The Bertz CT molecular complexity index is 324. The number of hydrogen-bond acceptors (Lipinski definition) is 3. The monoisotopic (exact) mass is 197 g/mol. The minimum atomic E-state index is -0.783. The predicted octanol–water partition coefficient (Wildman–Crippen LogP) is 1.82. The number of halogens is 1. The molecule has 1 aliphatic rings. The van der Waals surface area contributed by atoms with Crippen LogP contribution in [0.5, 0.6) is 5.75 Å². The fourth-order valence-electron chi connectivity index (χ4n) is 1.66. The number of rotatable bonds is 1. The quantitative estimate of drug-likeness (QED) is 0.698. The summed E-state index contributed by atoms with van der Waals surface area (Å²) >= 11 is 0. The van der Waals surface area contributed by atoms with Gasteiger partial charge in [0.05, 0.1) is 0 Å². The largest absolute Gasteiger partial charge is 0.504 e. The molecular weight excluding hydrogens is 185 g/mol. The van der Waals surface area contributed by atoms with E-state index < -0.39 is 5.95 Å². The topological polar surface area (TPSA) is 42.4 Å². The summed E-state index contributed by atoms with van der Waals surface area (Å²) < 4.78 is 18.1. The molecule has 2 heterocycles. The van der Waals surface area contributed by atoms with Crippen LogP contribution in [0.1, 0.15) is 24.5 Å². The molecule has 3 nitrogen and oxygen atoms in total. The summed E-state index contributed by atoms with van der Waals surface area (Å²) in [6, 6.07) is 3.03. The molecule has 1 N–H and O–H groups in total. The number of pyridine rings is 1. The van der Waals surface area contributed by atoms with Gasteiger partial charge in [0.2, 0.25) is 0 Å². The lowest BCUT2D eigenvalue weighted by Gasteiger charge is -2.21. The Morgan fingerprint density at radius 3 is 2.71 bits per heavy atom. The summed E-state index contributed by atoms with van der Waals surface area (Å²) in [5.41, 5.74) is 0.712. The molecule has 0 bridgehead atoms. The van der Waals surface area contributed by atoms with E-state index in [1.165, 1.54) is 6.07 Å². The molecule has 0 unspecified atom stereocenters. The Balaban J connectivity index is 2.18. The van der Waals surface area contributed by atoms with Crippen molar-refractivity contribution < 1.29 is 14.2 Å². The van der Waals surface area contributed by atoms with E-state index in [0.29, 0.717) is 18.9 Å². The van der Waals surface area contributed by atoms with Crippen molar-refractivity contribution in [1.29, 1.82) is 0 Å². The Kier molecular flexibility index (Phi) is 2.63. The molecule has 1 aromatic heterocycles. The average Bonchev–Trinajstić information content (AvgIpc) is 2.23. The highest BCUT2D eigenvalue weighted by molar-refractivity contribution is 5.22. The van der Waals surface area contributed by atoms with Crippen LogP contribution in [0.15, 0.2) is 12.1 Å². The zero-order valence-corrected chi connectivity index (χ0v) is 7.74. The highest BCUT2D eigenvalue weighted by atomic mass is 19.1. The summed E-state index contributed by atoms with van der Waals surface area (Å²) in [5.74, 6) is -0.909. The highest BCUT2D eigenvalue weighted by Crippen LogP contribution is 2.26. The molecule has 0 radical (unpaired) electrons. The lowest BCUT2D eigenvalue weighted by Crippen LogP contribution is -2.15. The van der Waals surface area contributed by atoms with Gasteiger partial charge in [-0.1, -0.05) is 0 Å². The van der Waals surface area contributed by atoms with Gasteiger partial charge < -0.3 is 9.84 Å². The van der Waals surface area contributed by atoms with Crippen molar-refractivity contribution in [2.75, 3.05) is 13.2 Å². The lowest BCUT2D eigenvalue weighted by atomic mass is 9.96. The third-order valence-corrected chi connectivity index (χ3v) is 2.49. The molecular formula is C10H12FNO2. The summed E-state index contributed by atoms with van der Waals surface area (Å²) in [6.07, 6.45) is 1.74. The molecule has 0 aromatic carbocycles. The van der Waals surface area contributed by atoms with Crippen molar-refractivity contribution in [3.05, 3.63) is 23.8 Å². The van der Waals surface area contributed by atoms with Crippen LogP contribution >= 0.6 is 0 Å². The maximum atomic E-state index is 12.9. The Morgan fingerprint density at radius 1 is 1.36 bits per heavy atom. The zero-order valence-electron chi connectivity index (χ0n) is 7.74. The van der Waals surface area contributed by atoms with Crippen LogP contribution in [0.4, 0.5) is 4.39 Å². The van der Waals surface area contributed by atoms with Crippen molar-refractivity contribution in [3.8, 4) is 5.75 Å². The van der Waals surface area contributed by atoms with Crippen LogP contribution in [0, 0.1) is 5.95 Å². The van der Waals surface area contributed by atoms with Crippen molar-refractivity contribution >= 4 is 0 Å². The molecule has 1 aromatic rings. The number of nitrogens with zero attached hydrogens (tertiary/aromatic N) is 1. The minimum absolute atomic E-state index is 0.263. The van der Waals surface area contributed by atoms with Crippen LogP contribution in [-0.2, 0) is 4.74 Å². The number of hydrogen-bond donors (Lipinski definition) is 1. The van der Waals surface area contributed by atoms with Crippen LogP contribution in [0.3, 0.4) is 0 Å². The van der Waals surface area contributed by atoms with Crippen molar-refractivity contribution in [3.63, 3.8) is 0 Å². The third-order valence-electron chi connectivity index (χ3n) is 2.49. The van der Waals surface area contributed by atoms with Gasteiger partial charge >= 0.3 is 0 Å². The van der Waals surface area contributed by atoms with Gasteiger partial charge in [0.1, 0.15) is 0 Å². The fourth-order valence-corrected chi connectivity index (χ4v) is 1.66. The highest BCUT2D eigenvalue weighted by Gasteiger charge is 2.18. The molecule has 4 heteroatoms. The van der Waals surface area contributed by atoms with Gasteiger partial charge in [0.25, 0.3) is 5.95 Å². The molecule has 1 aliphatic heterocycles.